The maximum Gasteiger partial charge on any atom is 0.0562 e. The highest BCUT2D eigenvalue weighted by Gasteiger charge is 2.20. The summed E-state index contributed by atoms with van der Waals surface area (Å²) in [7, 11) is 0. The van der Waals surface area contributed by atoms with E-state index in [0.29, 0.717) is 0 Å². The summed E-state index contributed by atoms with van der Waals surface area (Å²) in [5.74, 6) is 0. The van der Waals surface area contributed by atoms with Crippen LogP contribution in [0.4, 0.5) is 5.69 Å². The molecule has 0 bridgehead atoms. The molecule has 17 heavy (non-hydrogen) atoms. The molecule has 1 N–H and O–H groups in total. The molecule has 3 rings (SSSR count). The first kappa shape index (κ1) is 10.8. The average Bonchev–Trinajstić information content (AvgIpc) is 3.22. The molecule has 0 saturated heterocycles. The van der Waals surface area contributed by atoms with Gasteiger partial charge in [-0.25, -0.2) is 0 Å². The van der Waals surface area contributed by atoms with E-state index in [4.69, 9.17) is 0 Å². The zero-order valence-electron chi connectivity index (χ0n) is 10.1. The first-order valence-corrected chi connectivity index (χ1v) is 6.50. The number of hydrogen-bond donors (Lipinski definition) is 1. The summed E-state index contributed by atoms with van der Waals surface area (Å²) in [6.45, 7) is 3.05. The van der Waals surface area contributed by atoms with E-state index in [1.807, 2.05) is 6.20 Å². The number of hydrogen-bond acceptors (Lipinski definition) is 3. The average molecular weight is 229 g/mol. The molecule has 1 saturated carbocycles. The lowest BCUT2D eigenvalue weighted by molar-refractivity contribution is 0.674. The lowest BCUT2D eigenvalue weighted by Gasteiger charge is -2.25. The number of rotatable bonds is 4. The van der Waals surface area contributed by atoms with Crippen molar-refractivity contribution in [2.45, 2.75) is 31.8 Å². The van der Waals surface area contributed by atoms with Crippen molar-refractivity contribution in [1.29, 1.82) is 0 Å². The van der Waals surface area contributed by atoms with Crippen LogP contribution in [0.5, 0.6) is 0 Å². The van der Waals surface area contributed by atoms with E-state index < -0.39 is 0 Å². The highest BCUT2D eigenvalue weighted by Crippen LogP contribution is 2.20. The van der Waals surface area contributed by atoms with Crippen molar-refractivity contribution in [3.63, 3.8) is 0 Å². The number of nitrogens with one attached hydrogen (secondary N) is 1. The van der Waals surface area contributed by atoms with Gasteiger partial charge in [-0.2, -0.15) is 0 Å². The van der Waals surface area contributed by atoms with Crippen molar-refractivity contribution in [2.24, 2.45) is 0 Å². The van der Waals surface area contributed by atoms with Gasteiger partial charge in [-0.3, -0.25) is 4.98 Å². The minimum Gasteiger partial charge on any atom is -0.367 e. The van der Waals surface area contributed by atoms with Crippen molar-refractivity contribution < 1.29 is 0 Å². The molecule has 3 nitrogen and oxygen atoms in total. The molecule has 0 unspecified atom stereocenters. The van der Waals surface area contributed by atoms with E-state index in [-0.39, 0.29) is 0 Å². The highest BCUT2D eigenvalue weighted by atomic mass is 15.1. The summed E-state index contributed by atoms with van der Waals surface area (Å²) in [6.07, 6.45) is 10.2. The Bertz CT molecular complexity index is 410. The molecule has 2 heterocycles. The largest absolute Gasteiger partial charge is 0.367 e. The Morgan fingerprint density at radius 3 is 3.06 bits per heavy atom. The molecule has 1 aliphatic carbocycles. The van der Waals surface area contributed by atoms with Gasteiger partial charge in [0.15, 0.2) is 0 Å². The summed E-state index contributed by atoms with van der Waals surface area (Å²) in [4.78, 5) is 6.83. The second-order valence-electron chi connectivity index (χ2n) is 4.87. The Hall–Kier alpha value is -1.35. The van der Waals surface area contributed by atoms with E-state index in [9.17, 15) is 0 Å². The maximum atomic E-state index is 4.43. The highest BCUT2D eigenvalue weighted by molar-refractivity contribution is 5.47. The fraction of sp³-hybridized carbons (Fsp3) is 0.500. The van der Waals surface area contributed by atoms with Gasteiger partial charge in [0.25, 0.3) is 0 Å². The van der Waals surface area contributed by atoms with E-state index in [1.165, 1.54) is 18.5 Å². The van der Waals surface area contributed by atoms with Crippen LogP contribution in [0.3, 0.4) is 0 Å². The van der Waals surface area contributed by atoms with Gasteiger partial charge < -0.3 is 10.2 Å². The standard InChI is InChI=1S/C14H19N3/c1-2-8-17(9-3-1)14-6-7-15-13(10-14)11-16-12-4-5-12/h1-2,6-7,10,12,16H,3-5,8-9,11H2. The van der Waals surface area contributed by atoms with E-state index in [0.717, 1.165) is 37.8 Å². The number of pyridine rings is 1. The van der Waals surface area contributed by atoms with Crippen LogP contribution in [0, 0.1) is 0 Å². The van der Waals surface area contributed by atoms with Gasteiger partial charge in [-0.05, 0) is 31.4 Å². The van der Waals surface area contributed by atoms with Gasteiger partial charge in [0.1, 0.15) is 0 Å². The van der Waals surface area contributed by atoms with Gasteiger partial charge in [0.05, 0.1) is 5.69 Å². The smallest absolute Gasteiger partial charge is 0.0562 e. The first-order valence-electron chi connectivity index (χ1n) is 6.50. The van der Waals surface area contributed by atoms with Crippen molar-refractivity contribution in [3.8, 4) is 0 Å². The molecule has 0 atom stereocenters. The van der Waals surface area contributed by atoms with Crippen LogP contribution in [0.1, 0.15) is 25.0 Å². The lowest BCUT2D eigenvalue weighted by atomic mass is 10.2. The molecule has 1 aliphatic heterocycles. The summed E-state index contributed by atoms with van der Waals surface area (Å²) >= 11 is 0. The number of anilines is 1. The first-order chi connectivity index (χ1) is 8.42. The van der Waals surface area contributed by atoms with Crippen molar-refractivity contribution >= 4 is 5.69 Å². The third-order valence-corrected chi connectivity index (χ3v) is 3.37. The third kappa shape index (κ3) is 2.86. The van der Waals surface area contributed by atoms with E-state index in [2.05, 4.69) is 39.5 Å². The van der Waals surface area contributed by atoms with Crippen LogP contribution in [-0.4, -0.2) is 24.1 Å². The molecule has 3 heteroatoms. The van der Waals surface area contributed by atoms with Crippen LogP contribution >= 0.6 is 0 Å². The molecular weight excluding hydrogens is 210 g/mol. The summed E-state index contributed by atoms with van der Waals surface area (Å²) < 4.78 is 0. The zero-order chi connectivity index (χ0) is 11.5. The summed E-state index contributed by atoms with van der Waals surface area (Å²) in [5.41, 5.74) is 2.46. The Morgan fingerprint density at radius 2 is 2.29 bits per heavy atom. The van der Waals surface area contributed by atoms with Gasteiger partial charge in [-0.1, -0.05) is 12.2 Å². The number of nitrogens with zero attached hydrogens (tertiary/aromatic N) is 2. The lowest BCUT2D eigenvalue weighted by Crippen LogP contribution is -2.27. The van der Waals surface area contributed by atoms with Crippen LogP contribution in [0.25, 0.3) is 0 Å². The molecule has 2 aliphatic rings. The predicted octanol–water partition coefficient (Wildman–Crippen LogP) is 2.10. The topological polar surface area (TPSA) is 28.2 Å². The van der Waals surface area contributed by atoms with Gasteiger partial charge in [-0.15, -0.1) is 0 Å². The Morgan fingerprint density at radius 1 is 1.35 bits per heavy atom. The number of aromatic nitrogens is 1. The Labute approximate surface area is 103 Å². The quantitative estimate of drug-likeness (QED) is 0.801. The van der Waals surface area contributed by atoms with Gasteiger partial charge in [0, 0.05) is 37.6 Å². The SMILES string of the molecule is C1=CCN(c2ccnc(CNC3CC3)c2)CC1. The summed E-state index contributed by atoms with van der Waals surface area (Å²) in [6, 6.07) is 5.08. The van der Waals surface area contributed by atoms with Gasteiger partial charge >= 0.3 is 0 Å². The minimum atomic E-state index is 0.748. The molecule has 90 valence electrons. The molecule has 0 aromatic carbocycles. The van der Waals surface area contributed by atoms with E-state index >= 15 is 0 Å². The minimum absolute atomic E-state index is 0.748. The van der Waals surface area contributed by atoms with Crippen molar-refractivity contribution in [3.05, 3.63) is 36.2 Å². The van der Waals surface area contributed by atoms with Crippen LogP contribution in [0.2, 0.25) is 0 Å². The third-order valence-electron chi connectivity index (χ3n) is 3.37. The van der Waals surface area contributed by atoms with Crippen molar-refractivity contribution in [2.75, 3.05) is 18.0 Å². The fourth-order valence-corrected chi connectivity index (χ4v) is 2.17. The molecule has 0 amide bonds. The zero-order valence-corrected chi connectivity index (χ0v) is 10.1. The molecule has 0 spiro atoms. The van der Waals surface area contributed by atoms with Crippen molar-refractivity contribution in [1.82, 2.24) is 10.3 Å². The predicted molar refractivity (Wildman–Crippen MR) is 70.1 cm³/mol. The fourth-order valence-electron chi connectivity index (χ4n) is 2.17. The van der Waals surface area contributed by atoms with Crippen LogP contribution in [0.15, 0.2) is 30.5 Å². The second-order valence-corrected chi connectivity index (χ2v) is 4.87. The Balaban J connectivity index is 1.66. The van der Waals surface area contributed by atoms with Crippen LogP contribution < -0.4 is 10.2 Å². The second kappa shape index (κ2) is 4.88. The summed E-state index contributed by atoms with van der Waals surface area (Å²) in [5, 5.41) is 3.51. The molecule has 0 radical (unpaired) electrons. The molecular formula is C14H19N3. The normalized spacial score (nSPS) is 19.6. The Kier molecular flexibility index (Phi) is 3.10. The van der Waals surface area contributed by atoms with E-state index in [1.54, 1.807) is 0 Å². The molecule has 1 aromatic heterocycles. The molecule has 1 aromatic rings. The van der Waals surface area contributed by atoms with Gasteiger partial charge in [0.2, 0.25) is 0 Å². The maximum absolute atomic E-state index is 4.43. The van der Waals surface area contributed by atoms with Crippen LogP contribution in [-0.2, 0) is 6.54 Å². The molecule has 1 fully saturated rings. The monoisotopic (exact) mass is 229 g/mol.